The fraction of sp³-hybridized carbons (Fsp3) is 0.533. The molecule has 1 atom stereocenters. The molecule has 0 aromatic heterocycles. The summed E-state index contributed by atoms with van der Waals surface area (Å²) in [7, 11) is 0. The maximum Gasteiger partial charge on any atom is 0.237 e. The molecule has 0 aliphatic heterocycles. The fourth-order valence-electron chi connectivity index (χ4n) is 2.02. The molecule has 1 aromatic rings. The quantitative estimate of drug-likeness (QED) is 0.683. The second-order valence-electron chi connectivity index (χ2n) is 5.16. The van der Waals surface area contributed by atoms with Gasteiger partial charge in [-0.2, -0.15) is 0 Å². The summed E-state index contributed by atoms with van der Waals surface area (Å²) in [6.07, 6.45) is 0. The Morgan fingerprint density at radius 1 is 1.48 bits per heavy atom. The van der Waals surface area contributed by atoms with Crippen LogP contribution in [0.4, 0.5) is 5.69 Å². The number of rotatable bonds is 7. The molecular formula is C15H24NO2PS2. The number of hydrogen-bond donors (Lipinski definition) is 0. The predicted octanol–water partition coefficient (Wildman–Crippen LogP) is 4.45. The number of hydrogen-bond acceptors (Lipinski definition) is 4. The fourth-order valence-corrected chi connectivity index (χ4v) is 5.41. The van der Waals surface area contributed by atoms with Gasteiger partial charge in [-0.1, -0.05) is 35.3 Å². The molecule has 0 aliphatic carbocycles. The monoisotopic (exact) mass is 345 g/mol. The zero-order valence-corrected chi connectivity index (χ0v) is 15.9. The van der Waals surface area contributed by atoms with Crippen LogP contribution in [0.3, 0.4) is 0 Å². The lowest BCUT2D eigenvalue weighted by Gasteiger charge is -2.28. The Morgan fingerprint density at radius 2 is 2.14 bits per heavy atom. The van der Waals surface area contributed by atoms with Crippen LogP contribution in [0.5, 0.6) is 0 Å². The van der Waals surface area contributed by atoms with E-state index < -0.39 is 5.47 Å². The average Bonchev–Trinajstić information content (AvgIpc) is 2.36. The van der Waals surface area contributed by atoms with Gasteiger partial charge in [-0.15, -0.1) is 0 Å². The van der Waals surface area contributed by atoms with Crippen LogP contribution in [0.1, 0.15) is 26.3 Å². The molecule has 0 heterocycles. The lowest BCUT2D eigenvalue weighted by atomic mass is 10.2. The van der Waals surface area contributed by atoms with Crippen LogP contribution in [-0.2, 0) is 21.1 Å². The van der Waals surface area contributed by atoms with Crippen LogP contribution in [0.2, 0.25) is 0 Å². The van der Waals surface area contributed by atoms with Crippen molar-refractivity contribution in [3.8, 4) is 0 Å². The molecule has 21 heavy (non-hydrogen) atoms. The third-order valence-electron chi connectivity index (χ3n) is 2.85. The molecule has 0 aliphatic rings. The second-order valence-corrected chi connectivity index (χ2v) is 13.2. The molecule has 0 saturated carbocycles. The first-order valence-corrected chi connectivity index (χ1v) is 11.8. The number of benzene rings is 1. The Hall–Kier alpha value is -0.350. The highest BCUT2D eigenvalue weighted by Gasteiger charge is 2.21. The van der Waals surface area contributed by atoms with Gasteiger partial charge in [-0.25, -0.2) is 0 Å². The number of carbonyl (C=O) groups is 1. The van der Waals surface area contributed by atoms with Crippen molar-refractivity contribution in [3.63, 3.8) is 0 Å². The van der Waals surface area contributed by atoms with E-state index in [-0.39, 0.29) is 11.9 Å². The highest BCUT2D eigenvalue weighted by Crippen LogP contribution is 2.56. The van der Waals surface area contributed by atoms with Gasteiger partial charge in [0.05, 0.1) is 5.75 Å². The molecule has 1 rings (SSSR count). The normalized spacial score (nSPS) is 14.0. The van der Waals surface area contributed by atoms with Gasteiger partial charge in [0, 0.05) is 18.3 Å². The molecule has 0 bridgehead atoms. The van der Waals surface area contributed by atoms with Gasteiger partial charge in [0.25, 0.3) is 0 Å². The topological polar surface area (TPSA) is 29.5 Å². The smallest absolute Gasteiger partial charge is 0.237 e. The second kappa shape index (κ2) is 8.33. The van der Waals surface area contributed by atoms with E-state index in [4.69, 9.17) is 16.3 Å². The molecule has 0 radical (unpaired) electrons. The van der Waals surface area contributed by atoms with Crippen LogP contribution in [0, 0.1) is 6.92 Å². The third-order valence-corrected chi connectivity index (χ3v) is 7.80. The first-order chi connectivity index (χ1) is 9.76. The van der Waals surface area contributed by atoms with Crippen molar-refractivity contribution >= 4 is 40.2 Å². The van der Waals surface area contributed by atoms with E-state index in [1.54, 1.807) is 0 Å². The Morgan fingerprint density at radius 3 is 2.67 bits per heavy atom. The van der Waals surface area contributed by atoms with Crippen molar-refractivity contribution in [2.45, 2.75) is 33.7 Å². The summed E-state index contributed by atoms with van der Waals surface area (Å²) in [6, 6.07) is 8.13. The summed E-state index contributed by atoms with van der Waals surface area (Å²) in [4.78, 5) is 14.4. The summed E-state index contributed by atoms with van der Waals surface area (Å²) < 4.78 is 5.56. The minimum absolute atomic E-state index is 0.0800. The first-order valence-electron chi connectivity index (χ1n) is 7.02. The van der Waals surface area contributed by atoms with Gasteiger partial charge in [-0.05, 0) is 52.1 Å². The van der Waals surface area contributed by atoms with Gasteiger partial charge in [-0.3, -0.25) is 4.79 Å². The Kier molecular flexibility index (Phi) is 7.41. The molecule has 6 heteroatoms. The number of anilines is 1. The first kappa shape index (κ1) is 18.7. The van der Waals surface area contributed by atoms with Crippen molar-refractivity contribution in [1.29, 1.82) is 0 Å². The summed E-state index contributed by atoms with van der Waals surface area (Å²) >= 11 is 6.90. The number of amides is 1. The van der Waals surface area contributed by atoms with Crippen LogP contribution in [0.25, 0.3) is 0 Å². The minimum atomic E-state index is -1.91. The van der Waals surface area contributed by atoms with Gasteiger partial charge in [0.2, 0.25) is 5.91 Å². The molecule has 0 spiro atoms. The lowest BCUT2D eigenvalue weighted by molar-refractivity contribution is -0.116. The van der Waals surface area contributed by atoms with Gasteiger partial charge in [0.1, 0.15) is 5.47 Å². The molecule has 118 valence electrons. The van der Waals surface area contributed by atoms with E-state index in [1.165, 1.54) is 11.4 Å². The molecule has 0 saturated heterocycles. The maximum atomic E-state index is 12.6. The van der Waals surface area contributed by atoms with E-state index >= 15 is 0 Å². The minimum Gasteiger partial charge on any atom is -0.342 e. The molecule has 0 fully saturated rings. The van der Waals surface area contributed by atoms with Gasteiger partial charge >= 0.3 is 0 Å². The predicted molar refractivity (Wildman–Crippen MR) is 98.1 cm³/mol. The van der Waals surface area contributed by atoms with E-state index in [0.29, 0.717) is 12.4 Å². The van der Waals surface area contributed by atoms with Crippen molar-refractivity contribution in [2.75, 3.05) is 23.9 Å². The van der Waals surface area contributed by atoms with Gasteiger partial charge in [0.15, 0.2) is 0 Å². The number of nitrogens with zero attached hydrogens (tertiary/aromatic N) is 1. The van der Waals surface area contributed by atoms with E-state index in [9.17, 15) is 4.79 Å². The van der Waals surface area contributed by atoms with Crippen LogP contribution in [-0.4, -0.2) is 31.0 Å². The van der Waals surface area contributed by atoms with Crippen molar-refractivity contribution in [1.82, 2.24) is 0 Å². The van der Waals surface area contributed by atoms with Crippen molar-refractivity contribution < 1.29 is 9.32 Å². The highest BCUT2D eigenvalue weighted by molar-refractivity contribution is 8.69. The molecule has 1 unspecified atom stereocenters. The molecule has 0 N–H and O–H groups in total. The van der Waals surface area contributed by atoms with E-state index in [1.807, 2.05) is 63.5 Å². The zero-order chi connectivity index (χ0) is 16.0. The highest BCUT2D eigenvalue weighted by atomic mass is 32.9. The van der Waals surface area contributed by atoms with E-state index in [2.05, 4.69) is 0 Å². The van der Waals surface area contributed by atoms with Crippen LogP contribution in [0.15, 0.2) is 24.3 Å². The Balaban J connectivity index is 2.82. The summed E-state index contributed by atoms with van der Waals surface area (Å²) in [5.74, 6) is 0.441. The molecule has 1 amide bonds. The zero-order valence-electron chi connectivity index (χ0n) is 13.3. The van der Waals surface area contributed by atoms with Crippen molar-refractivity contribution in [2.24, 2.45) is 0 Å². The maximum absolute atomic E-state index is 12.6. The van der Waals surface area contributed by atoms with Gasteiger partial charge < -0.3 is 9.42 Å². The number of aryl methyl sites for hydroxylation is 1. The standard InChI is InChI=1S/C15H24NO2PS2/c1-6-18-19(5,20)21-11-15(17)16(12(2)3)14-9-7-8-13(4)10-14/h7-10,12H,6,11H2,1-5H3. The largest absolute Gasteiger partial charge is 0.342 e. The van der Waals surface area contributed by atoms with Crippen LogP contribution >= 0.6 is 16.8 Å². The molecule has 1 aromatic carbocycles. The summed E-state index contributed by atoms with van der Waals surface area (Å²) in [5.41, 5.74) is 0.173. The SMILES string of the molecule is CCOP(C)(=S)SCC(=O)N(c1cccc(C)c1)C(C)C. The number of carbonyl (C=O) groups excluding carboxylic acids is 1. The Labute approximate surface area is 137 Å². The third kappa shape index (κ3) is 6.11. The summed E-state index contributed by atoms with van der Waals surface area (Å²) in [5, 5.41) is 0. The molecular weight excluding hydrogens is 321 g/mol. The lowest BCUT2D eigenvalue weighted by Crippen LogP contribution is -2.38. The molecule has 3 nitrogen and oxygen atoms in total. The summed E-state index contributed by atoms with van der Waals surface area (Å²) in [6.45, 7) is 10.5. The van der Waals surface area contributed by atoms with Crippen LogP contribution < -0.4 is 4.90 Å². The average molecular weight is 345 g/mol. The Bertz CT molecular complexity index is 534. The van der Waals surface area contributed by atoms with E-state index in [0.717, 1.165) is 11.3 Å². The van der Waals surface area contributed by atoms with Crippen molar-refractivity contribution in [3.05, 3.63) is 29.8 Å².